The molecule has 4 rings (SSSR count). The molecule has 32 heavy (non-hydrogen) atoms. The summed E-state index contributed by atoms with van der Waals surface area (Å²) in [6.07, 6.45) is -4.92. The number of thiophene rings is 1. The number of nitrogens with one attached hydrogen (secondary N) is 1. The highest BCUT2D eigenvalue weighted by Gasteiger charge is 2.32. The van der Waals surface area contributed by atoms with Gasteiger partial charge in [0.15, 0.2) is 5.82 Å². The van der Waals surface area contributed by atoms with Crippen LogP contribution in [0.4, 0.5) is 33.9 Å². The van der Waals surface area contributed by atoms with E-state index in [-0.39, 0.29) is 43.6 Å². The lowest BCUT2D eigenvalue weighted by Crippen LogP contribution is -2.50. The molecule has 0 atom stereocenters. The molecule has 0 unspecified atom stereocenters. The van der Waals surface area contributed by atoms with Gasteiger partial charge in [-0.15, -0.1) is 24.5 Å². The van der Waals surface area contributed by atoms with Crippen molar-refractivity contribution in [2.45, 2.75) is 6.36 Å². The molecule has 0 saturated carbocycles. The van der Waals surface area contributed by atoms with Crippen molar-refractivity contribution >= 4 is 39.2 Å². The van der Waals surface area contributed by atoms with Gasteiger partial charge in [-0.1, -0.05) is 0 Å². The highest BCUT2D eigenvalue weighted by Crippen LogP contribution is 2.29. The number of ether oxygens (including phenoxy) is 2. The zero-order chi connectivity index (χ0) is 22.9. The summed E-state index contributed by atoms with van der Waals surface area (Å²) in [5.74, 6) is -1.12. The number of carbonyl (C=O) groups excluding carboxylic acids is 1. The molecule has 0 aliphatic carbocycles. The predicted octanol–water partition coefficient (Wildman–Crippen LogP) is 4.09. The second kappa shape index (κ2) is 8.65. The maximum Gasteiger partial charge on any atom is 0.573 e. The van der Waals surface area contributed by atoms with Gasteiger partial charge in [-0.05, 0) is 17.5 Å². The van der Waals surface area contributed by atoms with Gasteiger partial charge in [-0.25, -0.2) is 19.2 Å². The van der Waals surface area contributed by atoms with Crippen LogP contribution in [0.25, 0.3) is 10.3 Å². The Bertz CT molecular complexity index is 1130. The minimum Gasteiger partial charge on any atom is -0.478 e. The number of halogens is 4. The predicted molar refractivity (Wildman–Crippen MR) is 110 cm³/mol. The molecule has 1 aromatic carbocycles. The van der Waals surface area contributed by atoms with Crippen molar-refractivity contribution in [2.75, 3.05) is 43.5 Å². The average molecular weight is 471 g/mol. The second-order valence-electron chi connectivity index (χ2n) is 6.79. The Balaban J connectivity index is 1.41. The van der Waals surface area contributed by atoms with Crippen LogP contribution >= 0.6 is 11.3 Å². The van der Waals surface area contributed by atoms with Gasteiger partial charge in [0.1, 0.15) is 21.9 Å². The summed E-state index contributed by atoms with van der Waals surface area (Å²) >= 11 is 1.37. The Labute approximate surface area is 183 Å². The normalized spacial score (nSPS) is 14.5. The van der Waals surface area contributed by atoms with Crippen molar-refractivity contribution in [1.29, 1.82) is 0 Å². The molecular formula is C19H17F4N5O3S. The van der Waals surface area contributed by atoms with E-state index in [1.165, 1.54) is 23.3 Å². The average Bonchev–Trinajstić information content (AvgIpc) is 3.19. The van der Waals surface area contributed by atoms with Gasteiger partial charge in [0.25, 0.3) is 5.88 Å². The van der Waals surface area contributed by atoms with Gasteiger partial charge in [-0.3, -0.25) is 5.32 Å². The number of aromatic nitrogens is 2. The molecule has 0 spiro atoms. The molecule has 170 valence electrons. The number of methoxy groups -OCH3 is 1. The molecule has 1 fully saturated rings. The van der Waals surface area contributed by atoms with Crippen LogP contribution in [-0.4, -0.2) is 60.6 Å². The summed E-state index contributed by atoms with van der Waals surface area (Å²) in [7, 11) is 1.42. The van der Waals surface area contributed by atoms with Crippen LogP contribution < -0.4 is 19.7 Å². The minimum atomic E-state index is -4.92. The van der Waals surface area contributed by atoms with Gasteiger partial charge < -0.3 is 19.3 Å². The summed E-state index contributed by atoms with van der Waals surface area (Å²) in [5.41, 5.74) is 0.891. The van der Waals surface area contributed by atoms with E-state index < -0.39 is 24.0 Å². The van der Waals surface area contributed by atoms with E-state index in [1.807, 2.05) is 5.38 Å². The molecule has 3 heterocycles. The fourth-order valence-electron chi connectivity index (χ4n) is 3.27. The number of nitrogens with zero attached hydrogens (tertiary/aromatic N) is 4. The first-order valence-corrected chi connectivity index (χ1v) is 10.3. The van der Waals surface area contributed by atoms with Crippen molar-refractivity contribution < 1.29 is 31.8 Å². The summed E-state index contributed by atoms with van der Waals surface area (Å²) < 4.78 is 60.2. The van der Waals surface area contributed by atoms with E-state index in [0.717, 1.165) is 12.1 Å². The fourth-order valence-corrected chi connectivity index (χ4v) is 3.97. The van der Waals surface area contributed by atoms with Gasteiger partial charge >= 0.3 is 12.4 Å². The lowest BCUT2D eigenvalue weighted by atomic mass is 10.2. The number of amides is 2. The Morgan fingerprint density at radius 3 is 2.59 bits per heavy atom. The maximum absolute atomic E-state index is 13.8. The molecule has 3 aromatic rings. The van der Waals surface area contributed by atoms with Crippen molar-refractivity contribution in [2.24, 2.45) is 0 Å². The van der Waals surface area contributed by atoms with E-state index in [0.29, 0.717) is 16.4 Å². The monoisotopic (exact) mass is 471 g/mol. The number of piperazine rings is 1. The largest absolute Gasteiger partial charge is 0.573 e. The zero-order valence-electron chi connectivity index (χ0n) is 16.6. The van der Waals surface area contributed by atoms with Crippen molar-refractivity contribution in [3.8, 4) is 11.6 Å². The smallest absolute Gasteiger partial charge is 0.478 e. The summed E-state index contributed by atoms with van der Waals surface area (Å²) in [4.78, 5) is 25.2. The number of alkyl halides is 3. The van der Waals surface area contributed by atoms with Gasteiger partial charge in [0.2, 0.25) is 0 Å². The van der Waals surface area contributed by atoms with Crippen LogP contribution in [0.15, 0.2) is 29.6 Å². The number of carbonyl (C=O) groups is 1. The Morgan fingerprint density at radius 1 is 1.16 bits per heavy atom. The van der Waals surface area contributed by atoms with Gasteiger partial charge in [0, 0.05) is 44.0 Å². The Morgan fingerprint density at radius 2 is 1.91 bits per heavy atom. The molecule has 0 bridgehead atoms. The van der Waals surface area contributed by atoms with Gasteiger partial charge in [-0.2, -0.15) is 0 Å². The lowest BCUT2D eigenvalue weighted by molar-refractivity contribution is -0.274. The zero-order valence-corrected chi connectivity index (χ0v) is 17.5. The molecule has 8 nitrogen and oxygen atoms in total. The van der Waals surface area contributed by atoms with Crippen LogP contribution in [0.5, 0.6) is 11.6 Å². The molecule has 1 aliphatic rings. The summed E-state index contributed by atoms with van der Waals surface area (Å²) in [5, 5.41) is 4.51. The van der Waals surface area contributed by atoms with E-state index >= 15 is 0 Å². The first-order chi connectivity index (χ1) is 15.2. The molecule has 1 N–H and O–H groups in total. The van der Waals surface area contributed by atoms with E-state index in [4.69, 9.17) is 4.74 Å². The molecule has 2 aromatic heterocycles. The number of hydrogen-bond acceptors (Lipinski definition) is 7. The standard InChI is InChI=1S/C19H17F4N5O3S/c1-30-16-15(25-17-14(24-16)2-7-32-17)26-18(29)28-5-3-27(4-6-28)12-8-11(20)9-13(10-12)31-19(21,22)23/h2,7-10H,3-6H2,1H3,(H,25,26,29). The van der Waals surface area contributed by atoms with Crippen LogP contribution in [0.1, 0.15) is 0 Å². The number of fused-ring (bicyclic) bond motifs is 1. The second-order valence-corrected chi connectivity index (χ2v) is 7.68. The molecular weight excluding hydrogens is 454 g/mol. The Kier molecular flexibility index (Phi) is 5.91. The number of urea groups is 1. The summed E-state index contributed by atoms with van der Waals surface area (Å²) in [6.45, 7) is 1.09. The maximum atomic E-state index is 13.8. The third kappa shape index (κ3) is 4.93. The van der Waals surface area contributed by atoms with Crippen LogP contribution in [-0.2, 0) is 0 Å². The van der Waals surface area contributed by atoms with E-state index in [1.54, 1.807) is 11.0 Å². The highest BCUT2D eigenvalue weighted by atomic mass is 32.1. The molecule has 2 amide bonds. The van der Waals surface area contributed by atoms with E-state index in [9.17, 15) is 22.4 Å². The number of anilines is 2. The fraction of sp³-hybridized carbons (Fsp3) is 0.316. The minimum absolute atomic E-state index is 0.180. The van der Waals surface area contributed by atoms with Gasteiger partial charge in [0.05, 0.1) is 7.11 Å². The Hall–Kier alpha value is -3.35. The van der Waals surface area contributed by atoms with Crippen molar-refractivity contribution in [1.82, 2.24) is 14.9 Å². The first-order valence-electron chi connectivity index (χ1n) is 9.38. The molecule has 13 heteroatoms. The highest BCUT2D eigenvalue weighted by molar-refractivity contribution is 7.16. The SMILES string of the molecule is COc1nc2ccsc2nc1NC(=O)N1CCN(c2cc(F)cc(OC(F)(F)F)c2)CC1. The lowest BCUT2D eigenvalue weighted by Gasteiger charge is -2.36. The number of rotatable bonds is 4. The van der Waals surface area contributed by atoms with E-state index in [2.05, 4.69) is 20.0 Å². The topological polar surface area (TPSA) is 79.8 Å². The molecule has 0 radical (unpaired) electrons. The van der Waals surface area contributed by atoms with Crippen LogP contribution in [0, 0.1) is 5.82 Å². The number of hydrogen-bond donors (Lipinski definition) is 1. The summed E-state index contributed by atoms with van der Waals surface area (Å²) in [6, 6.07) is 4.27. The first kappa shape index (κ1) is 21.9. The number of benzene rings is 1. The van der Waals surface area contributed by atoms with Crippen molar-refractivity contribution in [3.63, 3.8) is 0 Å². The van der Waals surface area contributed by atoms with Crippen LogP contribution in [0.3, 0.4) is 0 Å². The van der Waals surface area contributed by atoms with Crippen LogP contribution in [0.2, 0.25) is 0 Å². The quantitative estimate of drug-likeness (QED) is 0.578. The molecule has 1 saturated heterocycles. The van der Waals surface area contributed by atoms with Crippen molar-refractivity contribution in [3.05, 3.63) is 35.5 Å². The molecule has 1 aliphatic heterocycles. The third-order valence-corrected chi connectivity index (χ3v) is 5.50. The third-order valence-electron chi connectivity index (χ3n) is 4.70.